The van der Waals surface area contributed by atoms with Crippen molar-refractivity contribution in [3.8, 4) is 0 Å². The van der Waals surface area contributed by atoms with Crippen LogP contribution >= 0.6 is 0 Å². The zero-order valence-electron chi connectivity index (χ0n) is 18.1. The molecule has 0 unspecified atom stereocenters. The topological polar surface area (TPSA) is 35.5 Å². The number of carbonyl (C=O) groups excluding carboxylic acids is 1. The van der Waals surface area contributed by atoms with E-state index < -0.39 is 8.32 Å². The van der Waals surface area contributed by atoms with Gasteiger partial charge in [0.05, 0.1) is 12.5 Å². The number of hydrogen-bond acceptors (Lipinski definition) is 3. The third kappa shape index (κ3) is 3.08. The highest BCUT2D eigenvalue weighted by Crippen LogP contribution is 2.67. The van der Waals surface area contributed by atoms with E-state index in [1.54, 1.807) is 0 Å². The zero-order chi connectivity index (χ0) is 20.9. The Kier molecular flexibility index (Phi) is 4.99. The minimum absolute atomic E-state index is 0.0529. The van der Waals surface area contributed by atoms with E-state index in [2.05, 4.69) is 88.4 Å². The van der Waals surface area contributed by atoms with Gasteiger partial charge < -0.3 is 9.16 Å². The van der Waals surface area contributed by atoms with Crippen LogP contribution in [0.4, 0.5) is 0 Å². The molecule has 4 atom stereocenters. The molecule has 29 heavy (non-hydrogen) atoms. The number of ether oxygens (including phenoxy) is 1. The van der Waals surface area contributed by atoms with Gasteiger partial charge in [0.2, 0.25) is 0 Å². The molecular weight excluding hydrogens is 376 g/mol. The standard InChI is InChI=1S/C25H32O3Si/c1-18-21-16-25(21,23(26)27-5)17-22(18)28-29(24(2,3)4,19-12-8-6-9-13-19)20-14-10-7-11-15-20/h6-15,18,21-22H,16-17H2,1-5H3/t18-,21+,22-,25+/m1/s1. The van der Waals surface area contributed by atoms with E-state index in [0.29, 0.717) is 11.8 Å². The average Bonchev–Trinajstić information content (AvgIpc) is 3.39. The van der Waals surface area contributed by atoms with Gasteiger partial charge in [-0.2, -0.15) is 0 Å². The van der Waals surface area contributed by atoms with Gasteiger partial charge in [-0.25, -0.2) is 0 Å². The first kappa shape index (κ1) is 20.4. The third-order valence-electron chi connectivity index (χ3n) is 7.26. The molecular formula is C25H32O3Si. The molecule has 0 aliphatic heterocycles. The molecule has 3 nitrogen and oxygen atoms in total. The summed E-state index contributed by atoms with van der Waals surface area (Å²) in [7, 11) is -1.09. The first-order valence-corrected chi connectivity index (χ1v) is 12.5. The summed E-state index contributed by atoms with van der Waals surface area (Å²) >= 11 is 0. The molecule has 0 saturated heterocycles. The molecule has 0 amide bonds. The number of carbonyl (C=O) groups is 1. The smallest absolute Gasteiger partial charge is 0.312 e. The van der Waals surface area contributed by atoms with E-state index in [-0.39, 0.29) is 22.5 Å². The van der Waals surface area contributed by atoms with Crippen LogP contribution in [0.15, 0.2) is 60.7 Å². The summed E-state index contributed by atoms with van der Waals surface area (Å²) < 4.78 is 12.5. The predicted octanol–water partition coefficient (Wildman–Crippen LogP) is 4.15. The van der Waals surface area contributed by atoms with E-state index in [4.69, 9.17) is 9.16 Å². The maximum Gasteiger partial charge on any atom is 0.312 e. The fourth-order valence-corrected chi connectivity index (χ4v) is 10.4. The molecule has 2 aliphatic carbocycles. The highest BCUT2D eigenvalue weighted by Gasteiger charge is 2.70. The van der Waals surface area contributed by atoms with Crippen LogP contribution in [-0.4, -0.2) is 27.5 Å². The normalized spacial score (nSPS) is 28.7. The zero-order valence-corrected chi connectivity index (χ0v) is 19.1. The van der Waals surface area contributed by atoms with Crippen molar-refractivity contribution in [2.24, 2.45) is 17.3 Å². The molecule has 0 radical (unpaired) electrons. The number of rotatable bonds is 5. The molecule has 0 bridgehead atoms. The Morgan fingerprint density at radius 2 is 1.48 bits per heavy atom. The summed E-state index contributed by atoms with van der Waals surface area (Å²) in [6, 6.07) is 21.5. The second-order valence-electron chi connectivity index (χ2n) is 9.84. The molecule has 0 aromatic heterocycles. The fourth-order valence-electron chi connectivity index (χ4n) is 5.65. The molecule has 4 heteroatoms. The van der Waals surface area contributed by atoms with Crippen LogP contribution in [-0.2, 0) is 14.0 Å². The SMILES string of the molecule is COC(=O)[C@@]12C[C@@H](O[Si](c3ccccc3)(c3ccccc3)C(C)(C)C)[C@H](C)[C@@H]1C2. The van der Waals surface area contributed by atoms with Crippen LogP contribution in [0.1, 0.15) is 40.5 Å². The quantitative estimate of drug-likeness (QED) is 0.551. The minimum atomic E-state index is -2.60. The molecule has 2 aromatic rings. The molecule has 2 aliphatic rings. The van der Waals surface area contributed by atoms with Crippen molar-refractivity contribution < 1.29 is 14.0 Å². The van der Waals surface area contributed by atoms with Crippen molar-refractivity contribution in [2.45, 2.75) is 51.7 Å². The van der Waals surface area contributed by atoms with E-state index in [1.165, 1.54) is 17.5 Å². The minimum Gasteiger partial charge on any atom is -0.469 e. The maximum absolute atomic E-state index is 12.5. The molecule has 0 N–H and O–H groups in total. The van der Waals surface area contributed by atoms with Crippen molar-refractivity contribution in [3.05, 3.63) is 60.7 Å². The highest BCUT2D eigenvalue weighted by molar-refractivity contribution is 6.99. The Bertz CT molecular complexity index is 834. The van der Waals surface area contributed by atoms with E-state index in [0.717, 1.165) is 12.8 Å². The predicted molar refractivity (Wildman–Crippen MR) is 119 cm³/mol. The molecule has 2 saturated carbocycles. The van der Waals surface area contributed by atoms with Gasteiger partial charge in [-0.05, 0) is 40.1 Å². The number of benzene rings is 2. The highest BCUT2D eigenvalue weighted by atomic mass is 28.4. The molecule has 0 heterocycles. The Labute approximate surface area is 175 Å². The van der Waals surface area contributed by atoms with Crippen LogP contribution < -0.4 is 10.4 Å². The van der Waals surface area contributed by atoms with E-state index in [1.807, 2.05) is 0 Å². The summed E-state index contributed by atoms with van der Waals surface area (Å²) in [5.74, 6) is 0.691. The lowest BCUT2D eigenvalue weighted by Gasteiger charge is -2.45. The van der Waals surface area contributed by atoms with Gasteiger partial charge >= 0.3 is 5.97 Å². The average molecular weight is 409 g/mol. The van der Waals surface area contributed by atoms with Crippen LogP contribution in [0.25, 0.3) is 0 Å². The third-order valence-corrected chi connectivity index (χ3v) is 12.3. The maximum atomic E-state index is 12.5. The summed E-state index contributed by atoms with van der Waals surface area (Å²) in [6.07, 6.45) is 1.79. The lowest BCUT2D eigenvalue weighted by molar-refractivity contribution is -0.147. The Morgan fingerprint density at radius 1 is 0.966 bits per heavy atom. The van der Waals surface area contributed by atoms with E-state index >= 15 is 0 Å². The molecule has 154 valence electrons. The van der Waals surface area contributed by atoms with E-state index in [9.17, 15) is 4.79 Å². The van der Waals surface area contributed by atoms with Crippen molar-refractivity contribution in [2.75, 3.05) is 7.11 Å². The Hall–Kier alpha value is -1.91. The molecule has 0 spiro atoms. The monoisotopic (exact) mass is 408 g/mol. The lowest BCUT2D eigenvalue weighted by Crippen LogP contribution is -2.68. The van der Waals surface area contributed by atoms with Gasteiger partial charge in [0, 0.05) is 6.10 Å². The van der Waals surface area contributed by atoms with Gasteiger partial charge in [0.1, 0.15) is 0 Å². The van der Waals surface area contributed by atoms with Crippen molar-refractivity contribution in [1.29, 1.82) is 0 Å². The molecule has 4 rings (SSSR count). The van der Waals surface area contributed by atoms with Crippen LogP contribution in [0, 0.1) is 17.3 Å². The van der Waals surface area contributed by atoms with Gasteiger partial charge in [-0.1, -0.05) is 88.4 Å². The second-order valence-corrected chi connectivity index (χ2v) is 14.1. The van der Waals surface area contributed by atoms with Crippen LogP contribution in [0.5, 0.6) is 0 Å². The largest absolute Gasteiger partial charge is 0.469 e. The van der Waals surface area contributed by atoms with Gasteiger partial charge in [-0.15, -0.1) is 0 Å². The fraction of sp³-hybridized carbons (Fsp3) is 0.480. The van der Waals surface area contributed by atoms with Gasteiger partial charge in [0.15, 0.2) is 0 Å². The van der Waals surface area contributed by atoms with Crippen LogP contribution in [0.3, 0.4) is 0 Å². The lowest BCUT2D eigenvalue weighted by atomic mass is 10.0. The summed E-state index contributed by atoms with van der Waals surface area (Å²) in [5, 5.41) is 2.53. The summed E-state index contributed by atoms with van der Waals surface area (Å²) in [4.78, 5) is 12.5. The Morgan fingerprint density at radius 3 is 1.93 bits per heavy atom. The molecule has 2 fully saturated rings. The number of fused-ring (bicyclic) bond motifs is 1. The van der Waals surface area contributed by atoms with Crippen molar-refractivity contribution in [3.63, 3.8) is 0 Å². The number of esters is 1. The first-order valence-electron chi connectivity index (χ1n) is 10.6. The van der Waals surface area contributed by atoms with Crippen LogP contribution in [0.2, 0.25) is 5.04 Å². The first-order chi connectivity index (χ1) is 13.8. The number of hydrogen-bond donors (Lipinski definition) is 0. The Balaban J connectivity index is 1.79. The number of methoxy groups -OCH3 is 1. The summed E-state index contributed by atoms with van der Waals surface area (Å²) in [6.45, 7) is 9.16. The molecule has 2 aromatic carbocycles. The second kappa shape index (κ2) is 7.10. The van der Waals surface area contributed by atoms with Crippen molar-refractivity contribution >= 4 is 24.7 Å². The van der Waals surface area contributed by atoms with Gasteiger partial charge in [0.25, 0.3) is 8.32 Å². The van der Waals surface area contributed by atoms with Gasteiger partial charge in [-0.3, -0.25) is 4.79 Å². The van der Waals surface area contributed by atoms with Crippen molar-refractivity contribution in [1.82, 2.24) is 0 Å². The summed E-state index contributed by atoms with van der Waals surface area (Å²) in [5.41, 5.74) is -0.315.